The molecule has 0 aliphatic carbocycles. The molecular weight excluding hydrogens is 314 g/mol. The fraction of sp³-hybridized carbons (Fsp3) is 0.647. The van der Waals surface area contributed by atoms with E-state index in [9.17, 15) is 14.7 Å². The molecule has 1 aromatic rings. The minimum Gasteiger partial charge on any atom is -0.481 e. The summed E-state index contributed by atoms with van der Waals surface area (Å²) < 4.78 is 5.68. The SMILES string of the molecule is Cc1cc(C(=O)N2CCC([C@@H]3OCCC3C(=O)O)CC2)sc1C. The van der Waals surface area contributed by atoms with Gasteiger partial charge >= 0.3 is 5.97 Å². The summed E-state index contributed by atoms with van der Waals surface area (Å²) in [5.41, 5.74) is 1.16. The average molecular weight is 337 g/mol. The Labute approximate surface area is 140 Å². The summed E-state index contributed by atoms with van der Waals surface area (Å²) in [7, 11) is 0. The second kappa shape index (κ2) is 6.61. The first-order valence-corrected chi connectivity index (χ1v) is 8.99. The molecule has 2 atom stereocenters. The molecule has 2 aliphatic rings. The van der Waals surface area contributed by atoms with Gasteiger partial charge in [0.25, 0.3) is 5.91 Å². The van der Waals surface area contributed by atoms with Crippen LogP contribution in [0.4, 0.5) is 0 Å². The lowest BCUT2D eigenvalue weighted by Crippen LogP contribution is -2.43. The van der Waals surface area contributed by atoms with Gasteiger partial charge in [-0.2, -0.15) is 0 Å². The molecule has 1 unspecified atom stereocenters. The number of amides is 1. The van der Waals surface area contributed by atoms with Crippen LogP contribution in [0.25, 0.3) is 0 Å². The van der Waals surface area contributed by atoms with Gasteiger partial charge in [0.1, 0.15) is 0 Å². The molecule has 0 saturated carbocycles. The second-order valence-corrected chi connectivity index (χ2v) is 7.80. The van der Waals surface area contributed by atoms with E-state index >= 15 is 0 Å². The van der Waals surface area contributed by atoms with Crippen molar-refractivity contribution in [1.29, 1.82) is 0 Å². The number of hydrogen-bond acceptors (Lipinski definition) is 4. The van der Waals surface area contributed by atoms with Crippen molar-refractivity contribution in [3.8, 4) is 0 Å². The van der Waals surface area contributed by atoms with Gasteiger partial charge in [-0.05, 0) is 50.7 Å². The van der Waals surface area contributed by atoms with Crippen molar-refractivity contribution in [1.82, 2.24) is 4.90 Å². The summed E-state index contributed by atoms with van der Waals surface area (Å²) in [5.74, 6) is -0.790. The van der Waals surface area contributed by atoms with Crippen LogP contribution in [0.15, 0.2) is 6.07 Å². The molecule has 1 aromatic heterocycles. The van der Waals surface area contributed by atoms with Gasteiger partial charge in [-0.25, -0.2) is 0 Å². The molecule has 6 heteroatoms. The van der Waals surface area contributed by atoms with E-state index in [0.29, 0.717) is 26.1 Å². The maximum atomic E-state index is 12.6. The highest BCUT2D eigenvalue weighted by Crippen LogP contribution is 2.34. The van der Waals surface area contributed by atoms with Gasteiger partial charge in [-0.1, -0.05) is 0 Å². The third kappa shape index (κ3) is 3.28. The number of ether oxygens (including phenoxy) is 1. The third-order valence-corrected chi connectivity index (χ3v) is 6.26. The van der Waals surface area contributed by atoms with E-state index in [2.05, 4.69) is 0 Å². The number of piperidine rings is 1. The van der Waals surface area contributed by atoms with E-state index in [0.717, 1.165) is 23.3 Å². The van der Waals surface area contributed by atoms with Crippen LogP contribution in [0, 0.1) is 25.7 Å². The molecule has 5 nitrogen and oxygen atoms in total. The van der Waals surface area contributed by atoms with E-state index in [1.807, 2.05) is 24.8 Å². The average Bonchev–Trinajstić information content (AvgIpc) is 3.14. The van der Waals surface area contributed by atoms with E-state index < -0.39 is 5.97 Å². The minimum absolute atomic E-state index is 0.103. The van der Waals surface area contributed by atoms with Crippen LogP contribution >= 0.6 is 11.3 Å². The lowest BCUT2D eigenvalue weighted by Gasteiger charge is -2.35. The molecule has 3 heterocycles. The third-order valence-electron chi connectivity index (χ3n) is 5.12. The number of hydrogen-bond donors (Lipinski definition) is 1. The monoisotopic (exact) mass is 337 g/mol. The zero-order chi connectivity index (χ0) is 16.6. The molecule has 1 amide bonds. The number of carboxylic acids is 1. The normalized spacial score (nSPS) is 25.7. The molecule has 2 aliphatic heterocycles. The summed E-state index contributed by atoms with van der Waals surface area (Å²) in [6.07, 6.45) is 2.07. The number of rotatable bonds is 3. The van der Waals surface area contributed by atoms with Crippen molar-refractivity contribution < 1.29 is 19.4 Å². The van der Waals surface area contributed by atoms with Gasteiger partial charge in [0.15, 0.2) is 0 Å². The number of aryl methyl sites for hydroxylation is 2. The van der Waals surface area contributed by atoms with Crippen molar-refractivity contribution in [2.45, 2.75) is 39.2 Å². The fourth-order valence-corrected chi connectivity index (χ4v) is 4.61. The predicted octanol–water partition coefficient (Wildman–Crippen LogP) is 2.71. The van der Waals surface area contributed by atoms with Crippen molar-refractivity contribution in [2.75, 3.05) is 19.7 Å². The number of carbonyl (C=O) groups is 2. The Bertz CT molecular complexity index is 584. The van der Waals surface area contributed by atoms with Gasteiger partial charge in [0.05, 0.1) is 16.9 Å². The smallest absolute Gasteiger partial charge is 0.309 e. The molecule has 0 radical (unpaired) electrons. The molecule has 0 spiro atoms. The maximum absolute atomic E-state index is 12.6. The first-order valence-electron chi connectivity index (χ1n) is 8.18. The van der Waals surface area contributed by atoms with E-state index in [4.69, 9.17) is 4.74 Å². The Morgan fingerprint density at radius 2 is 1.96 bits per heavy atom. The standard InChI is InChI=1S/C17H23NO4S/c1-10-9-14(23-11(10)2)16(19)18-6-3-12(4-7-18)15-13(17(20)21)5-8-22-15/h9,12-13,15H,3-8H2,1-2H3,(H,20,21)/t13?,15-/m0/s1. The van der Waals surface area contributed by atoms with Crippen LogP contribution < -0.4 is 0 Å². The lowest BCUT2D eigenvalue weighted by atomic mass is 9.84. The van der Waals surface area contributed by atoms with E-state index in [1.165, 1.54) is 4.88 Å². The van der Waals surface area contributed by atoms with Crippen LogP contribution in [-0.2, 0) is 9.53 Å². The molecule has 2 fully saturated rings. The topological polar surface area (TPSA) is 66.8 Å². The largest absolute Gasteiger partial charge is 0.481 e. The van der Waals surface area contributed by atoms with Crippen molar-refractivity contribution in [2.24, 2.45) is 11.8 Å². The van der Waals surface area contributed by atoms with Gasteiger partial charge in [0, 0.05) is 24.6 Å². The molecule has 23 heavy (non-hydrogen) atoms. The second-order valence-electron chi connectivity index (χ2n) is 6.55. The Kier molecular flexibility index (Phi) is 4.73. The van der Waals surface area contributed by atoms with Crippen LogP contribution in [0.1, 0.15) is 39.4 Å². The zero-order valence-corrected chi connectivity index (χ0v) is 14.4. The number of nitrogens with zero attached hydrogens (tertiary/aromatic N) is 1. The van der Waals surface area contributed by atoms with Crippen molar-refractivity contribution in [3.05, 3.63) is 21.4 Å². The zero-order valence-electron chi connectivity index (χ0n) is 13.6. The predicted molar refractivity (Wildman–Crippen MR) is 87.9 cm³/mol. The number of likely N-dealkylation sites (tertiary alicyclic amines) is 1. The van der Waals surface area contributed by atoms with Gasteiger partial charge < -0.3 is 14.7 Å². The number of carboxylic acid groups (broad SMARTS) is 1. The molecule has 3 rings (SSSR count). The van der Waals surface area contributed by atoms with Crippen LogP contribution in [0.3, 0.4) is 0 Å². The highest BCUT2D eigenvalue weighted by molar-refractivity contribution is 7.14. The molecule has 0 bridgehead atoms. The number of carbonyl (C=O) groups excluding carboxylic acids is 1. The van der Waals surface area contributed by atoms with Crippen LogP contribution in [0.2, 0.25) is 0 Å². The van der Waals surface area contributed by atoms with Crippen molar-refractivity contribution >= 4 is 23.2 Å². The van der Waals surface area contributed by atoms with Crippen molar-refractivity contribution in [3.63, 3.8) is 0 Å². The first kappa shape index (κ1) is 16.5. The van der Waals surface area contributed by atoms with E-state index in [1.54, 1.807) is 11.3 Å². The maximum Gasteiger partial charge on any atom is 0.309 e. The number of aliphatic carboxylic acids is 1. The van der Waals surface area contributed by atoms with Gasteiger partial charge in [-0.3, -0.25) is 9.59 Å². The molecular formula is C17H23NO4S. The van der Waals surface area contributed by atoms with E-state index in [-0.39, 0.29) is 23.8 Å². The highest BCUT2D eigenvalue weighted by atomic mass is 32.1. The highest BCUT2D eigenvalue weighted by Gasteiger charge is 2.40. The Hall–Kier alpha value is -1.40. The van der Waals surface area contributed by atoms with Gasteiger partial charge in [-0.15, -0.1) is 11.3 Å². The van der Waals surface area contributed by atoms with Crippen LogP contribution in [0.5, 0.6) is 0 Å². The molecule has 0 aromatic carbocycles. The summed E-state index contributed by atoms with van der Waals surface area (Å²) in [4.78, 5) is 27.8. The molecule has 126 valence electrons. The minimum atomic E-state index is -0.754. The Balaban J connectivity index is 1.60. The quantitative estimate of drug-likeness (QED) is 0.921. The summed E-state index contributed by atoms with van der Waals surface area (Å²) >= 11 is 1.55. The molecule has 2 saturated heterocycles. The Morgan fingerprint density at radius 1 is 1.26 bits per heavy atom. The van der Waals surface area contributed by atoms with Crippen LogP contribution in [-0.4, -0.2) is 47.7 Å². The summed E-state index contributed by atoms with van der Waals surface area (Å²) in [6.45, 7) is 5.97. The summed E-state index contributed by atoms with van der Waals surface area (Å²) in [6, 6.07) is 1.97. The molecule has 1 N–H and O–H groups in total. The Morgan fingerprint density at radius 3 is 2.52 bits per heavy atom. The van der Waals surface area contributed by atoms with Gasteiger partial charge in [0.2, 0.25) is 0 Å². The fourth-order valence-electron chi connectivity index (χ4n) is 3.61. The lowest BCUT2D eigenvalue weighted by molar-refractivity contribution is -0.145. The first-order chi connectivity index (χ1) is 11.0. The number of thiophene rings is 1. The summed E-state index contributed by atoms with van der Waals surface area (Å²) in [5, 5.41) is 9.29.